The van der Waals surface area contributed by atoms with Crippen molar-refractivity contribution >= 4 is 23.3 Å². The van der Waals surface area contributed by atoms with Gasteiger partial charge in [-0.05, 0) is 51.1 Å². The van der Waals surface area contributed by atoms with Crippen LogP contribution < -0.4 is 5.32 Å². The van der Waals surface area contributed by atoms with Gasteiger partial charge < -0.3 is 19.5 Å². The van der Waals surface area contributed by atoms with Crippen molar-refractivity contribution in [2.45, 2.75) is 32.4 Å². The molecule has 1 unspecified atom stereocenters. The second-order valence-corrected chi connectivity index (χ2v) is 8.88. The molecule has 3 aromatic rings. The van der Waals surface area contributed by atoms with Gasteiger partial charge in [-0.15, -0.1) is 10.2 Å². The Bertz CT molecular complexity index is 1100. The maximum absolute atomic E-state index is 13.2. The first-order chi connectivity index (χ1) is 15.3. The predicted octanol–water partition coefficient (Wildman–Crippen LogP) is 3.59. The van der Waals surface area contributed by atoms with Crippen LogP contribution in [0.3, 0.4) is 0 Å². The number of urea groups is 1. The average molecular weight is 459 g/mol. The summed E-state index contributed by atoms with van der Waals surface area (Å²) in [6.07, 6.45) is 3.28. The summed E-state index contributed by atoms with van der Waals surface area (Å²) in [5.74, 6) is 1.95. The van der Waals surface area contributed by atoms with E-state index in [9.17, 15) is 4.79 Å². The summed E-state index contributed by atoms with van der Waals surface area (Å²) in [4.78, 5) is 21.2. The van der Waals surface area contributed by atoms with Crippen molar-refractivity contribution in [3.8, 4) is 11.4 Å². The van der Waals surface area contributed by atoms with E-state index in [2.05, 4.69) is 32.5 Å². The van der Waals surface area contributed by atoms with Crippen molar-refractivity contribution in [3.05, 3.63) is 41.3 Å². The molecule has 0 radical (unpaired) electrons. The van der Waals surface area contributed by atoms with E-state index >= 15 is 0 Å². The van der Waals surface area contributed by atoms with Gasteiger partial charge in [0.05, 0.1) is 11.6 Å². The highest BCUT2D eigenvalue weighted by Gasteiger charge is 2.35. The quantitative estimate of drug-likeness (QED) is 0.622. The minimum Gasteiger partial charge on any atom is -0.422 e. The van der Waals surface area contributed by atoms with Gasteiger partial charge in [0, 0.05) is 24.8 Å². The molecule has 0 spiro atoms. The minimum atomic E-state index is -0.272. The van der Waals surface area contributed by atoms with Gasteiger partial charge in [0.2, 0.25) is 11.8 Å². The van der Waals surface area contributed by atoms with E-state index in [1.807, 2.05) is 19.0 Å². The van der Waals surface area contributed by atoms with Crippen LogP contribution in [0.5, 0.6) is 0 Å². The molecule has 3 heterocycles. The van der Waals surface area contributed by atoms with E-state index in [1.165, 1.54) is 0 Å². The topological polar surface area (TPSA) is 105 Å². The third kappa shape index (κ3) is 4.91. The second kappa shape index (κ2) is 9.25. The molecule has 170 valence electrons. The van der Waals surface area contributed by atoms with Gasteiger partial charge in [0.15, 0.2) is 5.82 Å². The first-order valence-corrected chi connectivity index (χ1v) is 10.9. The van der Waals surface area contributed by atoms with E-state index in [1.54, 1.807) is 41.2 Å². The lowest BCUT2D eigenvalue weighted by molar-refractivity contribution is 0.124. The van der Waals surface area contributed by atoms with Gasteiger partial charge in [-0.1, -0.05) is 18.5 Å². The molecule has 2 atom stereocenters. The highest BCUT2D eigenvalue weighted by molar-refractivity contribution is 6.33. The molecule has 2 amide bonds. The molecule has 1 aromatic carbocycles. The summed E-state index contributed by atoms with van der Waals surface area (Å²) >= 11 is 6.34. The third-order valence-electron chi connectivity index (χ3n) is 5.40. The molecule has 0 bridgehead atoms. The van der Waals surface area contributed by atoms with Crippen molar-refractivity contribution in [1.29, 1.82) is 0 Å². The number of rotatable bonds is 5. The number of hydrogen-bond donors (Lipinski definition) is 1. The lowest BCUT2D eigenvalue weighted by Crippen LogP contribution is -2.43. The minimum absolute atomic E-state index is 0.225. The SMILES string of the molecule is C[C@H]1CCN(C(=O)Nc2ccc(Cl)c(-c3ncn(C)n3)c2)C(c2nnc(CN(C)C)o2)C1. The molecule has 2 aromatic heterocycles. The maximum Gasteiger partial charge on any atom is 0.322 e. The van der Waals surface area contributed by atoms with Crippen LogP contribution >= 0.6 is 11.6 Å². The molecular formula is C21H27ClN8O2. The van der Waals surface area contributed by atoms with Crippen LogP contribution in [-0.2, 0) is 13.6 Å². The Labute approximate surface area is 191 Å². The number of halogens is 1. The number of nitrogens with one attached hydrogen (secondary N) is 1. The number of benzene rings is 1. The van der Waals surface area contributed by atoms with Gasteiger partial charge in [0.1, 0.15) is 12.4 Å². The number of piperidine rings is 1. The molecule has 1 saturated heterocycles. The number of nitrogens with zero attached hydrogens (tertiary/aromatic N) is 7. The Morgan fingerprint density at radius 2 is 2.16 bits per heavy atom. The first-order valence-electron chi connectivity index (χ1n) is 10.5. The number of hydrogen-bond acceptors (Lipinski definition) is 7. The van der Waals surface area contributed by atoms with E-state index in [0.717, 1.165) is 12.8 Å². The van der Waals surface area contributed by atoms with E-state index in [0.29, 0.717) is 52.9 Å². The van der Waals surface area contributed by atoms with Crippen LogP contribution in [0.1, 0.15) is 37.6 Å². The fourth-order valence-electron chi connectivity index (χ4n) is 3.79. The van der Waals surface area contributed by atoms with E-state index < -0.39 is 0 Å². The Morgan fingerprint density at radius 1 is 1.34 bits per heavy atom. The Balaban J connectivity index is 1.54. The summed E-state index contributed by atoms with van der Waals surface area (Å²) in [5.41, 5.74) is 1.26. The van der Waals surface area contributed by atoms with Crippen molar-refractivity contribution in [2.75, 3.05) is 26.0 Å². The van der Waals surface area contributed by atoms with E-state index in [-0.39, 0.29) is 12.1 Å². The van der Waals surface area contributed by atoms with Crippen molar-refractivity contribution in [3.63, 3.8) is 0 Å². The summed E-state index contributed by atoms with van der Waals surface area (Å²) in [6.45, 7) is 3.33. The molecule has 1 N–H and O–H groups in total. The van der Waals surface area contributed by atoms with Crippen molar-refractivity contribution in [2.24, 2.45) is 13.0 Å². The number of amides is 2. The standard InChI is InChI=1S/C21H27ClN8O2/c1-13-7-8-30(17(9-13)20-26-25-18(32-20)11-28(2)3)21(31)24-14-5-6-16(22)15(10-14)19-23-12-29(4)27-19/h5-6,10,12-13,17H,7-9,11H2,1-4H3,(H,24,31)/t13-,17?/m0/s1. The summed E-state index contributed by atoms with van der Waals surface area (Å²) in [5, 5.41) is 16.2. The number of anilines is 1. The maximum atomic E-state index is 13.2. The lowest BCUT2D eigenvalue weighted by atomic mass is 9.92. The van der Waals surface area contributed by atoms with Gasteiger partial charge in [-0.3, -0.25) is 4.68 Å². The third-order valence-corrected chi connectivity index (χ3v) is 5.73. The number of carbonyl (C=O) groups is 1. The van der Waals surface area contributed by atoms with Crippen LogP contribution in [0.2, 0.25) is 5.02 Å². The predicted molar refractivity (Wildman–Crippen MR) is 120 cm³/mol. The zero-order chi connectivity index (χ0) is 22.8. The van der Waals surface area contributed by atoms with Crippen LogP contribution in [0.25, 0.3) is 11.4 Å². The smallest absolute Gasteiger partial charge is 0.322 e. The normalized spacial score (nSPS) is 18.9. The number of aromatic nitrogens is 5. The van der Waals surface area contributed by atoms with Crippen molar-refractivity contribution < 1.29 is 9.21 Å². The molecule has 4 rings (SSSR count). The molecule has 1 aliphatic rings. The molecule has 10 nitrogen and oxygen atoms in total. The largest absolute Gasteiger partial charge is 0.422 e. The average Bonchev–Trinajstić information content (AvgIpc) is 3.38. The Morgan fingerprint density at radius 3 is 2.88 bits per heavy atom. The number of carbonyl (C=O) groups excluding carboxylic acids is 1. The lowest BCUT2D eigenvalue weighted by Gasteiger charge is -2.36. The van der Waals surface area contributed by atoms with Gasteiger partial charge in [-0.2, -0.15) is 5.10 Å². The molecular weight excluding hydrogens is 432 g/mol. The molecule has 1 aliphatic heterocycles. The van der Waals surface area contributed by atoms with Crippen LogP contribution in [-0.4, -0.2) is 61.4 Å². The molecule has 0 aliphatic carbocycles. The van der Waals surface area contributed by atoms with E-state index in [4.69, 9.17) is 16.0 Å². The highest BCUT2D eigenvalue weighted by atomic mass is 35.5. The van der Waals surface area contributed by atoms with Gasteiger partial charge in [0.25, 0.3) is 0 Å². The van der Waals surface area contributed by atoms with Crippen LogP contribution in [0.4, 0.5) is 10.5 Å². The Kier molecular flexibility index (Phi) is 6.43. The fraction of sp³-hybridized carbons (Fsp3) is 0.476. The zero-order valence-electron chi connectivity index (χ0n) is 18.6. The molecule has 0 saturated carbocycles. The first kappa shape index (κ1) is 22.2. The van der Waals surface area contributed by atoms with Gasteiger partial charge in [-0.25, -0.2) is 9.78 Å². The highest BCUT2D eigenvalue weighted by Crippen LogP contribution is 2.34. The monoisotopic (exact) mass is 458 g/mol. The van der Waals surface area contributed by atoms with Crippen molar-refractivity contribution in [1.82, 2.24) is 34.8 Å². The zero-order valence-corrected chi connectivity index (χ0v) is 19.4. The molecule has 11 heteroatoms. The van der Waals surface area contributed by atoms with Crippen LogP contribution in [0.15, 0.2) is 28.9 Å². The van der Waals surface area contributed by atoms with Crippen LogP contribution in [0, 0.1) is 5.92 Å². The number of aryl methyl sites for hydroxylation is 1. The summed E-state index contributed by atoms with van der Waals surface area (Å²) < 4.78 is 7.49. The summed E-state index contributed by atoms with van der Waals surface area (Å²) in [7, 11) is 5.66. The number of likely N-dealkylation sites (tertiary alicyclic amines) is 1. The molecule has 1 fully saturated rings. The fourth-order valence-corrected chi connectivity index (χ4v) is 3.99. The van der Waals surface area contributed by atoms with Gasteiger partial charge >= 0.3 is 6.03 Å². The molecule has 32 heavy (non-hydrogen) atoms. The Hall–Kier alpha value is -2.98. The summed E-state index contributed by atoms with van der Waals surface area (Å²) in [6, 6.07) is 4.77. The second-order valence-electron chi connectivity index (χ2n) is 8.48.